The second-order valence-electron chi connectivity index (χ2n) is 10.2. The van der Waals surface area contributed by atoms with Gasteiger partial charge in [0.25, 0.3) is 5.91 Å². The molecule has 0 aliphatic carbocycles. The first-order valence-electron chi connectivity index (χ1n) is 13.3. The topological polar surface area (TPSA) is 119 Å². The smallest absolute Gasteiger partial charge is 0.272 e. The molecule has 0 saturated carbocycles. The second-order valence-corrected chi connectivity index (χ2v) is 10.2. The molecule has 2 aromatic carbocycles. The van der Waals surface area contributed by atoms with Crippen LogP contribution in [0.25, 0.3) is 33.2 Å². The average Bonchev–Trinajstić information content (AvgIpc) is 3.52. The van der Waals surface area contributed by atoms with Gasteiger partial charge in [0.2, 0.25) is 0 Å². The molecule has 0 unspecified atom stereocenters. The van der Waals surface area contributed by atoms with Gasteiger partial charge < -0.3 is 25.3 Å². The lowest BCUT2D eigenvalue weighted by Crippen LogP contribution is -2.45. The number of fused-ring (bicyclic) bond motifs is 2. The Hall–Kier alpha value is -4.48. The molecule has 11 heteroatoms. The van der Waals surface area contributed by atoms with Crippen LogP contribution in [0.1, 0.15) is 10.5 Å². The van der Waals surface area contributed by atoms with Crippen LogP contribution in [0.15, 0.2) is 54.9 Å². The number of ether oxygens (including phenoxy) is 1. The van der Waals surface area contributed by atoms with Gasteiger partial charge in [0, 0.05) is 56.2 Å². The molecule has 40 heavy (non-hydrogen) atoms. The third kappa shape index (κ3) is 4.74. The van der Waals surface area contributed by atoms with Crippen molar-refractivity contribution in [2.45, 2.75) is 6.54 Å². The number of hydrogen-bond acceptors (Lipinski definition) is 8. The SMILES string of the molecule is COc1cc(-c2nn(CCN3CCN(C)CC3)c3ncnc(N)c23)ccc1NC(=O)c1cc2ccccc2n1C. The van der Waals surface area contributed by atoms with Crippen molar-refractivity contribution in [3.8, 4) is 17.0 Å². The van der Waals surface area contributed by atoms with Crippen molar-refractivity contribution in [3.05, 3.63) is 60.6 Å². The van der Waals surface area contributed by atoms with Crippen LogP contribution in [-0.4, -0.2) is 86.9 Å². The number of aromatic nitrogens is 5. The zero-order chi connectivity index (χ0) is 27.8. The summed E-state index contributed by atoms with van der Waals surface area (Å²) in [7, 11) is 5.61. The van der Waals surface area contributed by atoms with E-state index >= 15 is 0 Å². The Bertz CT molecular complexity index is 1700. The third-order valence-corrected chi connectivity index (χ3v) is 7.69. The average molecular weight is 540 g/mol. The normalized spacial score (nSPS) is 14.7. The number of likely N-dealkylation sites (N-methyl/N-ethyl adjacent to an activating group) is 1. The number of benzene rings is 2. The van der Waals surface area contributed by atoms with E-state index in [1.807, 2.05) is 64.8 Å². The fraction of sp³-hybridized carbons (Fsp3) is 0.310. The van der Waals surface area contributed by atoms with Crippen molar-refractivity contribution >= 4 is 39.3 Å². The third-order valence-electron chi connectivity index (χ3n) is 7.69. The van der Waals surface area contributed by atoms with Crippen molar-refractivity contribution in [2.24, 2.45) is 7.05 Å². The van der Waals surface area contributed by atoms with Crippen LogP contribution in [0.2, 0.25) is 0 Å². The Kier molecular flexibility index (Phi) is 6.82. The summed E-state index contributed by atoms with van der Waals surface area (Å²) in [4.78, 5) is 26.8. The number of anilines is 2. The molecule has 5 aromatic rings. The van der Waals surface area contributed by atoms with E-state index in [1.165, 1.54) is 6.33 Å². The second kappa shape index (κ2) is 10.6. The largest absolute Gasteiger partial charge is 0.495 e. The zero-order valence-corrected chi connectivity index (χ0v) is 23.0. The minimum Gasteiger partial charge on any atom is -0.495 e. The van der Waals surface area contributed by atoms with Crippen LogP contribution in [0.5, 0.6) is 5.75 Å². The molecular weight excluding hydrogens is 506 g/mol. The van der Waals surface area contributed by atoms with Gasteiger partial charge in [0.15, 0.2) is 5.65 Å². The number of methoxy groups -OCH3 is 1. The van der Waals surface area contributed by atoms with Crippen LogP contribution in [0.4, 0.5) is 11.5 Å². The number of carbonyl (C=O) groups is 1. The summed E-state index contributed by atoms with van der Waals surface area (Å²) in [5.41, 5.74) is 10.6. The number of piperazine rings is 1. The molecule has 3 aromatic heterocycles. The summed E-state index contributed by atoms with van der Waals surface area (Å²) in [6.07, 6.45) is 1.47. The quantitative estimate of drug-likeness (QED) is 0.324. The molecule has 0 radical (unpaired) electrons. The van der Waals surface area contributed by atoms with Gasteiger partial charge in [0.1, 0.15) is 29.3 Å². The van der Waals surface area contributed by atoms with Gasteiger partial charge in [-0.1, -0.05) is 24.3 Å². The van der Waals surface area contributed by atoms with Crippen LogP contribution in [0, 0.1) is 0 Å². The number of rotatable bonds is 7. The Balaban J connectivity index is 1.29. The summed E-state index contributed by atoms with van der Waals surface area (Å²) >= 11 is 0. The molecule has 1 saturated heterocycles. The Labute approximate surface area is 232 Å². The lowest BCUT2D eigenvalue weighted by atomic mass is 10.1. The van der Waals surface area contributed by atoms with E-state index in [9.17, 15) is 4.79 Å². The maximum absolute atomic E-state index is 13.2. The van der Waals surface area contributed by atoms with E-state index in [2.05, 4.69) is 32.1 Å². The van der Waals surface area contributed by atoms with Gasteiger partial charge in [-0.25, -0.2) is 14.6 Å². The molecule has 0 atom stereocenters. The molecule has 11 nitrogen and oxygen atoms in total. The summed E-state index contributed by atoms with van der Waals surface area (Å²) in [6, 6.07) is 15.4. The molecule has 1 fully saturated rings. The molecule has 3 N–H and O–H groups in total. The zero-order valence-electron chi connectivity index (χ0n) is 23.0. The van der Waals surface area contributed by atoms with Crippen LogP contribution in [0.3, 0.4) is 0 Å². The monoisotopic (exact) mass is 539 g/mol. The highest BCUT2D eigenvalue weighted by atomic mass is 16.5. The molecular formula is C29H33N9O2. The van der Waals surface area contributed by atoms with E-state index in [0.717, 1.165) is 49.2 Å². The van der Waals surface area contributed by atoms with Crippen molar-refractivity contribution in [2.75, 3.05) is 57.9 Å². The number of para-hydroxylation sites is 1. The van der Waals surface area contributed by atoms with E-state index in [1.54, 1.807) is 7.11 Å². The van der Waals surface area contributed by atoms with E-state index in [4.69, 9.17) is 15.6 Å². The standard InChI is InChI=1S/C29H33N9O2/c1-35-10-12-37(13-11-35)14-15-38-28-25(27(30)31-18-32-28)26(34-38)20-8-9-21(24(17-20)40-3)33-29(39)23-16-19-6-4-5-7-22(19)36(23)2/h4-9,16-18H,10-15H2,1-3H3,(H,33,39)(H2,30,31,32). The highest BCUT2D eigenvalue weighted by Crippen LogP contribution is 2.35. The lowest BCUT2D eigenvalue weighted by Gasteiger charge is -2.32. The number of nitrogen functional groups attached to an aromatic ring is 1. The van der Waals surface area contributed by atoms with Gasteiger partial charge in [-0.15, -0.1) is 0 Å². The Morgan fingerprint density at radius 1 is 1.02 bits per heavy atom. The Morgan fingerprint density at radius 2 is 1.82 bits per heavy atom. The van der Waals surface area contributed by atoms with Gasteiger partial charge in [0.05, 0.1) is 24.7 Å². The van der Waals surface area contributed by atoms with Gasteiger partial charge in [-0.3, -0.25) is 9.69 Å². The fourth-order valence-corrected chi connectivity index (χ4v) is 5.33. The molecule has 206 valence electrons. The molecule has 0 spiro atoms. The molecule has 6 rings (SSSR count). The maximum atomic E-state index is 13.2. The minimum atomic E-state index is -0.221. The molecule has 1 aliphatic rings. The van der Waals surface area contributed by atoms with Gasteiger partial charge in [-0.05, 0) is 31.3 Å². The van der Waals surface area contributed by atoms with Crippen LogP contribution in [-0.2, 0) is 13.6 Å². The highest BCUT2D eigenvalue weighted by molar-refractivity contribution is 6.07. The first-order chi connectivity index (χ1) is 19.4. The van der Waals surface area contributed by atoms with Crippen LogP contribution < -0.4 is 15.8 Å². The van der Waals surface area contributed by atoms with Crippen molar-refractivity contribution in [1.82, 2.24) is 34.1 Å². The van der Waals surface area contributed by atoms with E-state index < -0.39 is 0 Å². The number of nitrogens with two attached hydrogens (primary N) is 1. The summed E-state index contributed by atoms with van der Waals surface area (Å²) in [5.74, 6) is 0.666. The number of amides is 1. The molecule has 4 heterocycles. The van der Waals surface area contributed by atoms with E-state index in [-0.39, 0.29) is 5.91 Å². The Morgan fingerprint density at radius 3 is 2.60 bits per heavy atom. The number of aryl methyl sites for hydroxylation is 1. The van der Waals surface area contributed by atoms with Crippen LogP contribution >= 0.6 is 0 Å². The van der Waals surface area contributed by atoms with Gasteiger partial charge >= 0.3 is 0 Å². The van der Waals surface area contributed by atoms with Crippen molar-refractivity contribution in [3.63, 3.8) is 0 Å². The first-order valence-corrected chi connectivity index (χ1v) is 13.3. The predicted octanol–water partition coefficient (Wildman–Crippen LogP) is 3.08. The summed E-state index contributed by atoms with van der Waals surface area (Å²) in [5, 5.41) is 9.63. The summed E-state index contributed by atoms with van der Waals surface area (Å²) < 4.78 is 9.48. The highest BCUT2D eigenvalue weighted by Gasteiger charge is 2.21. The predicted molar refractivity (Wildman–Crippen MR) is 157 cm³/mol. The summed E-state index contributed by atoms with van der Waals surface area (Å²) in [6.45, 7) is 5.74. The van der Waals surface area contributed by atoms with Crippen molar-refractivity contribution in [1.29, 1.82) is 0 Å². The maximum Gasteiger partial charge on any atom is 0.272 e. The number of hydrogen-bond donors (Lipinski definition) is 2. The number of carbonyl (C=O) groups excluding carboxylic acids is 1. The molecule has 1 amide bonds. The van der Waals surface area contributed by atoms with Crippen molar-refractivity contribution < 1.29 is 9.53 Å². The molecule has 1 aliphatic heterocycles. The fourth-order valence-electron chi connectivity index (χ4n) is 5.33. The minimum absolute atomic E-state index is 0.221. The van der Waals surface area contributed by atoms with E-state index in [0.29, 0.717) is 46.2 Å². The number of nitrogens with one attached hydrogen (secondary N) is 1. The molecule has 0 bridgehead atoms. The number of nitrogens with zero attached hydrogens (tertiary/aromatic N) is 7. The lowest BCUT2D eigenvalue weighted by molar-refractivity contribution is 0.101. The first kappa shape index (κ1) is 25.8. The van der Waals surface area contributed by atoms with Gasteiger partial charge in [-0.2, -0.15) is 5.10 Å².